The number of nitrogens with one attached hydrogen (secondary N) is 1. The maximum Gasteiger partial charge on any atom is 0.271 e. The van der Waals surface area contributed by atoms with E-state index in [0.29, 0.717) is 11.1 Å². The zero-order chi connectivity index (χ0) is 13.0. The molecule has 0 saturated heterocycles. The van der Waals surface area contributed by atoms with Crippen LogP contribution in [0.2, 0.25) is 0 Å². The molecule has 0 aliphatic heterocycles. The summed E-state index contributed by atoms with van der Waals surface area (Å²) < 4.78 is 13.3. The van der Waals surface area contributed by atoms with Crippen molar-refractivity contribution in [1.29, 1.82) is 0 Å². The average molecular weight is 245 g/mol. The first kappa shape index (κ1) is 12.2. The number of nitrogens with zero attached hydrogens (tertiary/aromatic N) is 2. The number of amides is 1. The topological polar surface area (TPSA) is 54.9 Å². The number of aromatic nitrogens is 2. The standard InChI is InChI=1S/C13H12FN3O/c1-9-2-3-10(6-11(9)14)7-17-13(18)12-8-15-4-5-16-12/h2-6,8H,7H2,1H3,(H,17,18). The number of carbonyl (C=O) groups excluding carboxylic acids is 1. The number of hydrogen-bond donors (Lipinski definition) is 1. The number of rotatable bonds is 3. The van der Waals surface area contributed by atoms with Crippen LogP contribution in [0, 0.1) is 12.7 Å². The summed E-state index contributed by atoms with van der Waals surface area (Å²) in [5.41, 5.74) is 1.53. The van der Waals surface area contributed by atoms with E-state index in [9.17, 15) is 9.18 Å². The third-order valence-electron chi connectivity index (χ3n) is 2.49. The molecule has 92 valence electrons. The molecular formula is C13H12FN3O. The van der Waals surface area contributed by atoms with E-state index in [1.807, 2.05) is 0 Å². The molecule has 5 heteroatoms. The lowest BCUT2D eigenvalue weighted by atomic mass is 10.1. The van der Waals surface area contributed by atoms with Gasteiger partial charge < -0.3 is 5.32 Å². The van der Waals surface area contributed by atoms with Crippen molar-refractivity contribution in [3.63, 3.8) is 0 Å². The smallest absolute Gasteiger partial charge is 0.271 e. The molecule has 0 bridgehead atoms. The van der Waals surface area contributed by atoms with E-state index in [0.717, 1.165) is 0 Å². The van der Waals surface area contributed by atoms with Crippen LogP contribution in [0.25, 0.3) is 0 Å². The first-order valence-corrected chi connectivity index (χ1v) is 5.46. The van der Waals surface area contributed by atoms with Crippen molar-refractivity contribution < 1.29 is 9.18 Å². The van der Waals surface area contributed by atoms with Gasteiger partial charge in [-0.15, -0.1) is 0 Å². The van der Waals surface area contributed by atoms with Gasteiger partial charge in [-0.05, 0) is 24.1 Å². The van der Waals surface area contributed by atoms with Crippen LogP contribution in [0.4, 0.5) is 4.39 Å². The quantitative estimate of drug-likeness (QED) is 0.897. The Morgan fingerprint density at radius 3 is 2.89 bits per heavy atom. The molecule has 1 aromatic heterocycles. The van der Waals surface area contributed by atoms with Gasteiger partial charge in [0.1, 0.15) is 11.5 Å². The molecule has 2 aromatic rings. The van der Waals surface area contributed by atoms with E-state index >= 15 is 0 Å². The lowest BCUT2D eigenvalue weighted by molar-refractivity contribution is 0.0945. The zero-order valence-corrected chi connectivity index (χ0v) is 9.85. The maximum absolute atomic E-state index is 13.3. The summed E-state index contributed by atoms with van der Waals surface area (Å²) in [5, 5.41) is 2.65. The van der Waals surface area contributed by atoms with Gasteiger partial charge in [0.2, 0.25) is 0 Å². The molecule has 18 heavy (non-hydrogen) atoms. The largest absolute Gasteiger partial charge is 0.347 e. The Morgan fingerprint density at radius 2 is 2.22 bits per heavy atom. The van der Waals surface area contributed by atoms with Crippen molar-refractivity contribution in [3.05, 3.63) is 59.4 Å². The zero-order valence-electron chi connectivity index (χ0n) is 9.85. The predicted octanol–water partition coefficient (Wildman–Crippen LogP) is 1.85. The monoisotopic (exact) mass is 245 g/mol. The second kappa shape index (κ2) is 5.35. The maximum atomic E-state index is 13.3. The van der Waals surface area contributed by atoms with Crippen LogP contribution in [0.5, 0.6) is 0 Å². The Morgan fingerprint density at radius 1 is 1.39 bits per heavy atom. The molecule has 1 aromatic carbocycles. The Bertz CT molecular complexity index is 557. The van der Waals surface area contributed by atoms with Gasteiger partial charge in [0.15, 0.2) is 0 Å². The molecule has 1 amide bonds. The minimum atomic E-state index is -0.330. The van der Waals surface area contributed by atoms with Gasteiger partial charge in [-0.2, -0.15) is 0 Å². The van der Waals surface area contributed by atoms with Gasteiger partial charge >= 0.3 is 0 Å². The number of hydrogen-bond acceptors (Lipinski definition) is 3. The average Bonchev–Trinajstić information content (AvgIpc) is 2.41. The van der Waals surface area contributed by atoms with E-state index in [2.05, 4.69) is 15.3 Å². The Hall–Kier alpha value is -2.30. The minimum Gasteiger partial charge on any atom is -0.347 e. The van der Waals surface area contributed by atoms with Gasteiger partial charge in [0.25, 0.3) is 5.91 Å². The van der Waals surface area contributed by atoms with E-state index < -0.39 is 0 Å². The molecule has 0 radical (unpaired) electrons. The lowest BCUT2D eigenvalue weighted by Crippen LogP contribution is -2.23. The number of aryl methyl sites for hydroxylation is 1. The minimum absolute atomic E-state index is 0.241. The summed E-state index contributed by atoms with van der Waals surface area (Å²) in [7, 11) is 0. The fourth-order valence-electron chi connectivity index (χ4n) is 1.44. The summed E-state index contributed by atoms with van der Waals surface area (Å²) in [5.74, 6) is -0.606. The van der Waals surface area contributed by atoms with E-state index in [-0.39, 0.29) is 24.0 Å². The fourth-order valence-corrected chi connectivity index (χ4v) is 1.44. The Kier molecular flexibility index (Phi) is 3.62. The Balaban J connectivity index is 1.99. The summed E-state index contributed by atoms with van der Waals surface area (Å²) in [4.78, 5) is 19.3. The fraction of sp³-hybridized carbons (Fsp3) is 0.154. The van der Waals surface area contributed by atoms with Gasteiger partial charge in [-0.25, -0.2) is 9.37 Å². The Labute approximate surface area is 104 Å². The second-order valence-electron chi connectivity index (χ2n) is 3.86. The molecule has 0 unspecified atom stereocenters. The molecular weight excluding hydrogens is 233 g/mol. The van der Waals surface area contributed by atoms with Crippen LogP contribution >= 0.6 is 0 Å². The molecule has 0 aliphatic carbocycles. The van der Waals surface area contributed by atoms with Crippen molar-refractivity contribution in [2.24, 2.45) is 0 Å². The molecule has 0 fully saturated rings. The number of halogens is 1. The van der Waals surface area contributed by atoms with E-state index in [4.69, 9.17) is 0 Å². The molecule has 4 nitrogen and oxygen atoms in total. The molecule has 0 saturated carbocycles. The third kappa shape index (κ3) is 2.88. The highest BCUT2D eigenvalue weighted by molar-refractivity contribution is 5.91. The van der Waals surface area contributed by atoms with Crippen LogP contribution in [-0.4, -0.2) is 15.9 Å². The predicted molar refractivity (Wildman–Crippen MR) is 64.3 cm³/mol. The molecule has 1 N–H and O–H groups in total. The van der Waals surface area contributed by atoms with E-state index in [1.54, 1.807) is 19.1 Å². The second-order valence-corrected chi connectivity index (χ2v) is 3.86. The normalized spacial score (nSPS) is 10.1. The van der Waals surface area contributed by atoms with Gasteiger partial charge in [-0.1, -0.05) is 12.1 Å². The highest BCUT2D eigenvalue weighted by Gasteiger charge is 2.06. The summed E-state index contributed by atoms with van der Waals surface area (Å²) in [6.07, 6.45) is 4.32. The van der Waals surface area contributed by atoms with Gasteiger partial charge in [0, 0.05) is 18.9 Å². The molecule has 0 aliphatic rings. The molecule has 0 atom stereocenters. The van der Waals surface area contributed by atoms with Crippen LogP contribution in [0.15, 0.2) is 36.8 Å². The highest BCUT2D eigenvalue weighted by Crippen LogP contribution is 2.08. The van der Waals surface area contributed by atoms with Crippen molar-refractivity contribution in [3.8, 4) is 0 Å². The summed E-state index contributed by atoms with van der Waals surface area (Å²) >= 11 is 0. The molecule has 0 spiro atoms. The first-order valence-electron chi connectivity index (χ1n) is 5.46. The summed E-state index contributed by atoms with van der Waals surface area (Å²) in [6, 6.07) is 4.86. The third-order valence-corrected chi connectivity index (χ3v) is 2.49. The highest BCUT2D eigenvalue weighted by atomic mass is 19.1. The summed E-state index contributed by atoms with van der Waals surface area (Å²) in [6.45, 7) is 1.95. The van der Waals surface area contributed by atoms with Crippen molar-refractivity contribution in [1.82, 2.24) is 15.3 Å². The van der Waals surface area contributed by atoms with Gasteiger partial charge in [0.05, 0.1) is 6.20 Å². The molecule has 1 heterocycles. The van der Waals surface area contributed by atoms with Crippen LogP contribution in [0.3, 0.4) is 0 Å². The van der Waals surface area contributed by atoms with Crippen molar-refractivity contribution in [2.75, 3.05) is 0 Å². The van der Waals surface area contributed by atoms with Crippen molar-refractivity contribution >= 4 is 5.91 Å². The lowest BCUT2D eigenvalue weighted by Gasteiger charge is -2.05. The van der Waals surface area contributed by atoms with Crippen LogP contribution < -0.4 is 5.32 Å². The van der Waals surface area contributed by atoms with E-state index in [1.165, 1.54) is 24.7 Å². The first-order chi connectivity index (χ1) is 8.66. The van der Waals surface area contributed by atoms with Crippen LogP contribution in [-0.2, 0) is 6.54 Å². The number of benzene rings is 1. The SMILES string of the molecule is Cc1ccc(CNC(=O)c2cnccn2)cc1F. The van der Waals surface area contributed by atoms with Crippen LogP contribution in [0.1, 0.15) is 21.6 Å². The van der Waals surface area contributed by atoms with Crippen molar-refractivity contribution in [2.45, 2.75) is 13.5 Å². The molecule has 2 rings (SSSR count). The van der Waals surface area contributed by atoms with Gasteiger partial charge in [-0.3, -0.25) is 9.78 Å². The number of carbonyl (C=O) groups is 1.